The lowest BCUT2D eigenvalue weighted by molar-refractivity contribution is -0.160. The maximum absolute atomic E-state index is 13.8. The van der Waals surface area contributed by atoms with Gasteiger partial charge in [-0.1, -0.05) is 17.8 Å². The van der Waals surface area contributed by atoms with Gasteiger partial charge in [-0.3, -0.25) is 5.32 Å². The fourth-order valence-corrected chi connectivity index (χ4v) is 5.06. The van der Waals surface area contributed by atoms with Gasteiger partial charge >= 0.3 is 12.4 Å². The minimum atomic E-state index is -5.01. The van der Waals surface area contributed by atoms with Crippen LogP contribution in [-0.4, -0.2) is 41.7 Å². The zero-order valence-electron chi connectivity index (χ0n) is 20.2. The molecule has 0 fully saturated rings. The highest BCUT2D eigenvalue weighted by molar-refractivity contribution is 8.02. The van der Waals surface area contributed by atoms with Gasteiger partial charge in [0.25, 0.3) is 0 Å². The number of hydroxylamine groups is 2. The number of benzene rings is 2. The van der Waals surface area contributed by atoms with Gasteiger partial charge < -0.3 is 9.94 Å². The molecule has 0 spiro atoms. The molecule has 3 unspecified atom stereocenters. The number of alkyl halides is 6. The predicted octanol–water partition coefficient (Wildman–Crippen LogP) is 6.33. The number of nitrogens with one attached hydrogen (secondary N) is 1. The molecule has 0 radical (unpaired) electrons. The number of hydrogen-bond donors (Lipinski definition) is 2. The maximum Gasteiger partial charge on any atom is 0.416 e. The lowest BCUT2D eigenvalue weighted by Crippen LogP contribution is -2.52. The van der Waals surface area contributed by atoms with Crippen LogP contribution in [0.5, 0.6) is 0 Å². The Morgan fingerprint density at radius 1 is 1.08 bits per heavy atom. The van der Waals surface area contributed by atoms with Gasteiger partial charge in [-0.05, 0) is 72.7 Å². The number of aliphatic imine (C=N–C) groups is 1. The second-order valence-electron chi connectivity index (χ2n) is 9.02. The molecule has 206 valence electrons. The summed E-state index contributed by atoms with van der Waals surface area (Å²) < 4.78 is 101. The highest BCUT2D eigenvalue weighted by Gasteiger charge is 2.41. The Hall–Kier alpha value is -2.61. The average molecular weight is 564 g/mol. The topological polar surface area (TPSA) is 57.1 Å². The molecular weight excluding hydrogens is 539 g/mol. The molecule has 2 N–H and O–H groups in total. The molecule has 2 aliphatic heterocycles. The van der Waals surface area contributed by atoms with E-state index in [1.807, 2.05) is 0 Å². The van der Waals surface area contributed by atoms with E-state index in [1.165, 1.54) is 30.0 Å². The van der Waals surface area contributed by atoms with E-state index < -0.39 is 53.7 Å². The van der Waals surface area contributed by atoms with E-state index in [4.69, 9.17) is 4.74 Å². The highest BCUT2D eigenvalue weighted by Crippen LogP contribution is 2.39. The van der Waals surface area contributed by atoms with Gasteiger partial charge in [-0.2, -0.15) is 31.4 Å². The van der Waals surface area contributed by atoms with E-state index in [0.717, 1.165) is 5.06 Å². The summed E-state index contributed by atoms with van der Waals surface area (Å²) in [5, 5.41) is 15.8. The lowest BCUT2D eigenvalue weighted by Gasteiger charge is -2.40. The van der Waals surface area contributed by atoms with E-state index in [9.17, 15) is 35.9 Å². The minimum Gasteiger partial charge on any atom is -0.436 e. The van der Waals surface area contributed by atoms with Crippen molar-refractivity contribution in [3.63, 3.8) is 0 Å². The number of halogens is 7. The average Bonchev–Trinajstić information content (AvgIpc) is 2.83. The lowest BCUT2D eigenvalue weighted by atomic mass is 9.88. The summed E-state index contributed by atoms with van der Waals surface area (Å²) in [4.78, 5) is 4.30. The van der Waals surface area contributed by atoms with Crippen LogP contribution in [-0.2, 0) is 23.5 Å². The summed E-state index contributed by atoms with van der Waals surface area (Å²) in [6.45, 7) is 2.02. The molecule has 2 aromatic rings. The van der Waals surface area contributed by atoms with Crippen LogP contribution in [0.2, 0.25) is 0 Å². The van der Waals surface area contributed by atoms with E-state index >= 15 is 0 Å². The fraction of sp³-hybridized carbons (Fsp3) is 0.400. The Labute approximate surface area is 218 Å². The van der Waals surface area contributed by atoms with Crippen LogP contribution >= 0.6 is 11.8 Å². The van der Waals surface area contributed by atoms with E-state index in [2.05, 4.69) is 10.3 Å². The largest absolute Gasteiger partial charge is 0.436 e. The van der Waals surface area contributed by atoms with Crippen molar-refractivity contribution in [2.24, 2.45) is 10.9 Å². The van der Waals surface area contributed by atoms with Crippen molar-refractivity contribution in [3.8, 4) is 0 Å². The van der Waals surface area contributed by atoms with Gasteiger partial charge in [-0.15, -0.1) is 0 Å². The molecule has 4 rings (SSSR count). The van der Waals surface area contributed by atoms with Gasteiger partial charge in [0, 0.05) is 6.54 Å². The highest BCUT2D eigenvalue weighted by atomic mass is 32.2. The fourth-order valence-electron chi connectivity index (χ4n) is 4.63. The molecule has 0 bridgehead atoms. The first-order valence-corrected chi connectivity index (χ1v) is 12.7. The third kappa shape index (κ3) is 6.16. The second-order valence-corrected chi connectivity index (χ2v) is 9.83. The Bertz CT molecular complexity index is 1210. The molecule has 0 saturated carbocycles. The van der Waals surface area contributed by atoms with Crippen LogP contribution < -0.4 is 5.32 Å². The Morgan fingerprint density at radius 2 is 1.74 bits per heavy atom. The van der Waals surface area contributed by atoms with Crippen LogP contribution in [0, 0.1) is 18.7 Å². The first-order chi connectivity index (χ1) is 17.8. The van der Waals surface area contributed by atoms with Crippen LogP contribution in [0.4, 0.5) is 30.7 Å². The molecule has 13 heteroatoms. The van der Waals surface area contributed by atoms with E-state index in [0.29, 0.717) is 28.4 Å². The summed E-state index contributed by atoms with van der Waals surface area (Å²) >= 11 is 1.22. The summed E-state index contributed by atoms with van der Waals surface area (Å²) in [5.74, 6) is -1.03. The zero-order valence-corrected chi connectivity index (χ0v) is 21.0. The van der Waals surface area contributed by atoms with Crippen molar-refractivity contribution in [1.82, 2.24) is 10.4 Å². The molecule has 0 aromatic heterocycles. The molecule has 3 atom stereocenters. The van der Waals surface area contributed by atoms with E-state index in [1.54, 1.807) is 19.3 Å². The normalized spacial score (nSPS) is 23.1. The Balaban J connectivity index is 1.84. The van der Waals surface area contributed by atoms with Gasteiger partial charge in [0.05, 0.1) is 35.8 Å². The number of rotatable bonds is 4. The van der Waals surface area contributed by atoms with Crippen LogP contribution in [0.15, 0.2) is 52.6 Å². The summed E-state index contributed by atoms with van der Waals surface area (Å²) in [7, 11) is 0. The number of hydrogen-bond acceptors (Lipinski definition) is 6. The van der Waals surface area contributed by atoms with Gasteiger partial charge in [0.2, 0.25) is 0 Å². The number of nitrogens with zero attached hydrogens (tertiary/aromatic N) is 2. The minimum absolute atomic E-state index is 0.0642. The Kier molecular flexibility index (Phi) is 8.12. The Morgan fingerprint density at radius 3 is 2.32 bits per heavy atom. The van der Waals surface area contributed by atoms with Crippen LogP contribution in [0.1, 0.15) is 33.9 Å². The number of aryl methyl sites for hydroxylation is 1. The van der Waals surface area contributed by atoms with Crippen molar-refractivity contribution < 1.29 is 40.7 Å². The van der Waals surface area contributed by atoms with Crippen molar-refractivity contribution in [2.45, 2.75) is 37.8 Å². The first kappa shape index (κ1) is 28.4. The molecule has 0 aliphatic carbocycles. The van der Waals surface area contributed by atoms with Gasteiger partial charge in [0.15, 0.2) is 11.0 Å². The standard InChI is InChI=1S/C25H24F7N3O2S/c1-13-5-17(26)3-4-18(13)21-10-22(38-2)37-23-19(11-33-12-34-23)20(35(21)36)8-14-6-15(24(27,28)29)9-16(7-14)25(30,31)32/h3-7,9-10,19-21,33,36H,8,11-12H2,1-2H3. The molecule has 2 aliphatic rings. The second kappa shape index (κ2) is 10.9. The predicted molar refractivity (Wildman–Crippen MR) is 128 cm³/mol. The molecule has 0 saturated heterocycles. The van der Waals surface area contributed by atoms with Crippen molar-refractivity contribution in [1.29, 1.82) is 0 Å². The SMILES string of the molecule is CSC1=CC(c2ccc(F)cc2C)N(O)C(Cc2cc(C(F)(F)F)cc(C(F)(F)F)c2)C2CNCN=C2O1. The monoisotopic (exact) mass is 563 g/mol. The molecule has 2 aromatic carbocycles. The van der Waals surface area contributed by atoms with Gasteiger partial charge in [0.1, 0.15) is 5.82 Å². The zero-order chi connectivity index (χ0) is 27.8. The summed E-state index contributed by atoms with van der Waals surface area (Å²) in [6.07, 6.45) is -7.12. The number of fused-ring (bicyclic) bond motifs is 1. The van der Waals surface area contributed by atoms with Crippen LogP contribution in [0.3, 0.4) is 0 Å². The quantitative estimate of drug-likeness (QED) is 0.426. The van der Waals surface area contributed by atoms with Crippen LogP contribution in [0.25, 0.3) is 0 Å². The maximum atomic E-state index is 13.8. The van der Waals surface area contributed by atoms with E-state index in [-0.39, 0.29) is 30.7 Å². The molecule has 38 heavy (non-hydrogen) atoms. The van der Waals surface area contributed by atoms with Crippen molar-refractivity contribution >= 4 is 17.7 Å². The third-order valence-electron chi connectivity index (χ3n) is 6.46. The number of thioether (sulfide) groups is 1. The molecule has 5 nitrogen and oxygen atoms in total. The molecular formula is C25H24F7N3O2S. The van der Waals surface area contributed by atoms with Crippen molar-refractivity contribution in [2.75, 3.05) is 19.5 Å². The summed E-state index contributed by atoms with van der Waals surface area (Å²) in [6, 6.07) is 3.30. The smallest absolute Gasteiger partial charge is 0.416 e. The third-order valence-corrected chi connectivity index (χ3v) is 7.08. The first-order valence-electron chi connectivity index (χ1n) is 11.5. The van der Waals surface area contributed by atoms with Crippen molar-refractivity contribution in [3.05, 3.63) is 81.2 Å². The molecule has 0 amide bonds. The summed E-state index contributed by atoms with van der Waals surface area (Å²) in [5.41, 5.74) is -2.19. The number of ether oxygens (including phenoxy) is 1. The molecule has 2 heterocycles. The van der Waals surface area contributed by atoms with Gasteiger partial charge in [-0.25, -0.2) is 9.38 Å².